The molecule has 16 heavy (non-hydrogen) atoms. The van der Waals surface area contributed by atoms with Crippen LogP contribution >= 0.6 is 0 Å². The summed E-state index contributed by atoms with van der Waals surface area (Å²) in [5.74, 6) is 1.63. The smallest absolute Gasteiger partial charge is 0.161 e. The molecule has 0 amide bonds. The number of hydrogen-bond donors (Lipinski definition) is 1. The fourth-order valence-corrected chi connectivity index (χ4v) is 2.44. The van der Waals surface area contributed by atoms with Crippen LogP contribution in [-0.2, 0) is 5.41 Å². The van der Waals surface area contributed by atoms with E-state index in [2.05, 4.69) is 0 Å². The van der Waals surface area contributed by atoms with Gasteiger partial charge in [-0.05, 0) is 37.5 Å². The van der Waals surface area contributed by atoms with Gasteiger partial charge in [-0.15, -0.1) is 0 Å². The molecule has 3 rings (SSSR count). The van der Waals surface area contributed by atoms with Gasteiger partial charge in [-0.1, -0.05) is 6.07 Å². The summed E-state index contributed by atoms with van der Waals surface area (Å²) in [6, 6.07) is 6.02. The molecule has 3 nitrogen and oxygen atoms in total. The molecule has 1 N–H and O–H groups in total. The standard InChI is InChI=1S/C13H16O3/c1-9(14)13(4-5-13)10-2-3-11-12(8-10)16-7-6-15-11/h2-3,8-9,14H,4-7H2,1H3. The van der Waals surface area contributed by atoms with Crippen LogP contribution < -0.4 is 9.47 Å². The second kappa shape index (κ2) is 3.39. The Labute approximate surface area is 95.0 Å². The number of aliphatic hydroxyl groups is 1. The van der Waals surface area contributed by atoms with Gasteiger partial charge in [0.1, 0.15) is 13.2 Å². The summed E-state index contributed by atoms with van der Waals surface area (Å²) in [6.45, 7) is 3.09. The number of hydrogen-bond acceptors (Lipinski definition) is 3. The van der Waals surface area contributed by atoms with Crippen molar-refractivity contribution in [2.45, 2.75) is 31.3 Å². The van der Waals surface area contributed by atoms with Crippen molar-refractivity contribution in [1.29, 1.82) is 0 Å². The molecule has 1 aromatic rings. The van der Waals surface area contributed by atoms with Crippen LogP contribution in [0.15, 0.2) is 18.2 Å². The molecule has 0 saturated heterocycles. The van der Waals surface area contributed by atoms with Crippen molar-refractivity contribution in [2.75, 3.05) is 13.2 Å². The quantitative estimate of drug-likeness (QED) is 0.827. The maximum atomic E-state index is 9.83. The Bertz CT molecular complexity index is 408. The minimum atomic E-state index is -0.296. The zero-order valence-corrected chi connectivity index (χ0v) is 9.40. The number of aliphatic hydroxyl groups excluding tert-OH is 1. The SMILES string of the molecule is CC(O)C1(c2ccc3c(c2)OCCO3)CC1. The Morgan fingerprint density at radius 1 is 1.19 bits per heavy atom. The van der Waals surface area contributed by atoms with Crippen LogP contribution in [0.2, 0.25) is 0 Å². The summed E-state index contributed by atoms with van der Waals surface area (Å²) in [5.41, 5.74) is 1.14. The summed E-state index contributed by atoms with van der Waals surface area (Å²) < 4.78 is 11.0. The highest BCUT2D eigenvalue weighted by molar-refractivity contribution is 5.48. The van der Waals surface area contributed by atoms with E-state index in [1.807, 2.05) is 25.1 Å². The van der Waals surface area contributed by atoms with E-state index in [0.29, 0.717) is 13.2 Å². The van der Waals surface area contributed by atoms with E-state index in [4.69, 9.17) is 9.47 Å². The summed E-state index contributed by atoms with van der Waals surface area (Å²) >= 11 is 0. The maximum absolute atomic E-state index is 9.83. The summed E-state index contributed by atoms with van der Waals surface area (Å²) in [7, 11) is 0. The van der Waals surface area contributed by atoms with E-state index < -0.39 is 0 Å². The van der Waals surface area contributed by atoms with Crippen molar-refractivity contribution >= 4 is 0 Å². The third kappa shape index (κ3) is 1.39. The van der Waals surface area contributed by atoms with Gasteiger partial charge in [-0.3, -0.25) is 0 Å². The van der Waals surface area contributed by atoms with Crippen molar-refractivity contribution in [1.82, 2.24) is 0 Å². The molecule has 0 spiro atoms. The lowest BCUT2D eigenvalue weighted by Crippen LogP contribution is -2.23. The van der Waals surface area contributed by atoms with E-state index in [9.17, 15) is 5.11 Å². The zero-order valence-electron chi connectivity index (χ0n) is 9.40. The first kappa shape index (κ1) is 9.97. The first-order valence-corrected chi connectivity index (χ1v) is 5.80. The predicted molar refractivity (Wildman–Crippen MR) is 60.0 cm³/mol. The minimum Gasteiger partial charge on any atom is -0.486 e. The Morgan fingerprint density at radius 3 is 2.50 bits per heavy atom. The molecular formula is C13H16O3. The average molecular weight is 220 g/mol. The molecule has 1 unspecified atom stereocenters. The highest BCUT2D eigenvalue weighted by Gasteiger charge is 2.48. The number of ether oxygens (including phenoxy) is 2. The average Bonchev–Trinajstić information content (AvgIpc) is 3.09. The van der Waals surface area contributed by atoms with E-state index in [1.54, 1.807) is 0 Å². The second-order valence-electron chi connectivity index (χ2n) is 4.69. The van der Waals surface area contributed by atoms with Crippen LogP contribution in [0.5, 0.6) is 11.5 Å². The van der Waals surface area contributed by atoms with Crippen molar-refractivity contribution in [3.05, 3.63) is 23.8 Å². The molecule has 0 bridgehead atoms. The Kier molecular flexibility index (Phi) is 2.11. The monoisotopic (exact) mass is 220 g/mol. The van der Waals surface area contributed by atoms with Gasteiger partial charge >= 0.3 is 0 Å². The molecule has 1 fully saturated rings. The van der Waals surface area contributed by atoms with Crippen LogP contribution in [0.25, 0.3) is 0 Å². The summed E-state index contributed by atoms with van der Waals surface area (Å²) in [4.78, 5) is 0. The highest BCUT2D eigenvalue weighted by atomic mass is 16.6. The lowest BCUT2D eigenvalue weighted by molar-refractivity contribution is 0.149. The fraction of sp³-hybridized carbons (Fsp3) is 0.538. The van der Waals surface area contributed by atoms with Gasteiger partial charge in [0.25, 0.3) is 0 Å². The normalized spacial score (nSPS) is 22.6. The number of rotatable bonds is 2. The van der Waals surface area contributed by atoms with Gasteiger partial charge in [-0.2, -0.15) is 0 Å². The fourth-order valence-electron chi connectivity index (χ4n) is 2.44. The lowest BCUT2D eigenvalue weighted by Gasteiger charge is -2.23. The highest BCUT2D eigenvalue weighted by Crippen LogP contribution is 2.52. The molecule has 1 heterocycles. The molecule has 3 heteroatoms. The predicted octanol–water partition coefficient (Wildman–Crippen LogP) is 1.87. The van der Waals surface area contributed by atoms with Crippen molar-refractivity contribution in [2.24, 2.45) is 0 Å². The van der Waals surface area contributed by atoms with Gasteiger partial charge in [0, 0.05) is 5.41 Å². The second-order valence-corrected chi connectivity index (χ2v) is 4.69. The Morgan fingerprint density at radius 2 is 1.88 bits per heavy atom. The Hall–Kier alpha value is -1.22. The number of fused-ring (bicyclic) bond motifs is 1. The van der Waals surface area contributed by atoms with Gasteiger partial charge in [0.2, 0.25) is 0 Å². The Balaban J connectivity index is 1.97. The topological polar surface area (TPSA) is 38.7 Å². The van der Waals surface area contributed by atoms with Gasteiger partial charge in [-0.25, -0.2) is 0 Å². The van der Waals surface area contributed by atoms with Crippen LogP contribution in [0.3, 0.4) is 0 Å². The van der Waals surface area contributed by atoms with E-state index in [-0.39, 0.29) is 11.5 Å². The largest absolute Gasteiger partial charge is 0.486 e. The molecule has 0 radical (unpaired) electrons. The first-order chi connectivity index (χ1) is 7.72. The summed E-state index contributed by atoms with van der Waals surface area (Å²) in [6.07, 6.45) is 1.82. The number of benzene rings is 1. The minimum absolute atomic E-state index is 0.0319. The van der Waals surface area contributed by atoms with Crippen LogP contribution in [0, 0.1) is 0 Å². The molecule has 1 aromatic carbocycles. The van der Waals surface area contributed by atoms with Crippen molar-refractivity contribution in [3.63, 3.8) is 0 Å². The molecule has 1 saturated carbocycles. The first-order valence-electron chi connectivity index (χ1n) is 5.80. The third-order valence-corrected chi connectivity index (χ3v) is 3.71. The molecule has 1 aliphatic carbocycles. The molecule has 1 atom stereocenters. The maximum Gasteiger partial charge on any atom is 0.161 e. The van der Waals surface area contributed by atoms with Gasteiger partial charge in [0.15, 0.2) is 11.5 Å². The summed E-state index contributed by atoms with van der Waals surface area (Å²) in [5, 5.41) is 9.83. The lowest BCUT2D eigenvalue weighted by atomic mass is 9.90. The van der Waals surface area contributed by atoms with Crippen LogP contribution in [0.4, 0.5) is 0 Å². The van der Waals surface area contributed by atoms with Crippen molar-refractivity contribution in [3.8, 4) is 11.5 Å². The van der Waals surface area contributed by atoms with Crippen molar-refractivity contribution < 1.29 is 14.6 Å². The molecular weight excluding hydrogens is 204 g/mol. The molecule has 0 aromatic heterocycles. The zero-order chi connectivity index (χ0) is 11.2. The van der Waals surface area contributed by atoms with Crippen LogP contribution in [0.1, 0.15) is 25.3 Å². The molecule has 1 aliphatic heterocycles. The molecule has 86 valence electrons. The van der Waals surface area contributed by atoms with E-state index in [0.717, 1.165) is 24.3 Å². The van der Waals surface area contributed by atoms with E-state index in [1.165, 1.54) is 5.56 Å². The van der Waals surface area contributed by atoms with Gasteiger partial charge < -0.3 is 14.6 Å². The van der Waals surface area contributed by atoms with Crippen LogP contribution in [-0.4, -0.2) is 24.4 Å². The third-order valence-electron chi connectivity index (χ3n) is 3.71. The van der Waals surface area contributed by atoms with Gasteiger partial charge in [0.05, 0.1) is 6.10 Å². The molecule has 2 aliphatic rings. The van der Waals surface area contributed by atoms with E-state index >= 15 is 0 Å².